The Hall–Kier alpha value is -2.84. The van der Waals surface area contributed by atoms with Gasteiger partial charge in [0.15, 0.2) is 0 Å². The van der Waals surface area contributed by atoms with Crippen molar-refractivity contribution in [2.75, 3.05) is 0 Å². The number of nitriles is 2. The largest absolute Gasteiger partial charge is 0.198 e. The van der Waals surface area contributed by atoms with E-state index in [1.54, 1.807) is 0 Å². The second-order valence-electron chi connectivity index (χ2n) is 6.38. The van der Waals surface area contributed by atoms with E-state index in [0.29, 0.717) is 0 Å². The molecule has 0 spiro atoms. The topological polar surface area (TPSA) is 47.6 Å². The molecular weight excluding hydrogens is 268 g/mol. The van der Waals surface area contributed by atoms with Crippen LogP contribution in [0.25, 0.3) is 0 Å². The van der Waals surface area contributed by atoms with Crippen LogP contribution in [0.5, 0.6) is 0 Å². The van der Waals surface area contributed by atoms with E-state index in [0.717, 1.165) is 5.57 Å². The van der Waals surface area contributed by atoms with Gasteiger partial charge in [-0.2, -0.15) is 10.5 Å². The molecule has 2 aromatic carbocycles. The van der Waals surface area contributed by atoms with Crippen molar-refractivity contribution < 1.29 is 0 Å². The highest BCUT2D eigenvalue weighted by atomic mass is 14.7. The number of rotatable bonds is 0. The Bertz CT molecular complexity index is 941. The van der Waals surface area contributed by atoms with Crippen LogP contribution in [0.1, 0.15) is 40.0 Å². The monoisotopic (exact) mass is 280 g/mol. The highest BCUT2D eigenvalue weighted by Crippen LogP contribution is 2.73. The third-order valence-corrected chi connectivity index (χ3v) is 5.71. The molecule has 102 valence electrons. The summed E-state index contributed by atoms with van der Waals surface area (Å²) >= 11 is 0. The summed E-state index contributed by atoms with van der Waals surface area (Å²) in [4.78, 5) is 0. The minimum Gasteiger partial charge on any atom is -0.198 e. The van der Waals surface area contributed by atoms with E-state index in [4.69, 9.17) is 0 Å². The third kappa shape index (κ3) is 1.02. The van der Waals surface area contributed by atoms with Crippen molar-refractivity contribution in [2.45, 2.75) is 17.8 Å². The molecule has 2 heteroatoms. The van der Waals surface area contributed by atoms with E-state index in [1.807, 2.05) is 24.3 Å². The molecule has 3 aliphatic carbocycles. The van der Waals surface area contributed by atoms with Gasteiger partial charge in [-0.05, 0) is 22.3 Å². The quantitative estimate of drug-likeness (QED) is 0.732. The summed E-state index contributed by atoms with van der Waals surface area (Å²) in [6.45, 7) is 0. The van der Waals surface area contributed by atoms with Gasteiger partial charge < -0.3 is 0 Å². The lowest BCUT2D eigenvalue weighted by molar-refractivity contribution is 0.356. The lowest BCUT2D eigenvalue weighted by Crippen LogP contribution is -2.26. The zero-order valence-corrected chi connectivity index (χ0v) is 11.8. The molecule has 3 aliphatic rings. The van der Waals surface area contributed by atoms with Gasteiger partial charge in [0.2, 0.25) is 0 Å². The molecule has 0 aliphatic heterocycles. The van der Waals surface area contributed by atoms with Gasteiger partial charge in [0, 0.05) is 23.3 Å². The van der Waals surface area contributed by atoms with Crippen molar-refractivity contribution >= 4 is 0 Å². The number of benzene rings is 2. The van der Waals surface area contributed by atoms with Gasteiger partial charge in [-0.25, -0.2) is 0 Å². The molecule has 0 saturated carbocycles. The maximum absolute atomic E-state index is 10.2. The average molecular weight is 280 g/mol. The molecule has 0 saturated heterocycles. The summed E-state index contributed by atoms with van der Waals surface area (Å²) in [6, 6.07) is 21.6. The van der Waals surface area contributed by atoms with Crippen LogP contribution in [-0.2, 0) is 0 Å². The van der Waals surface area contributed by atoms with Crippen LogP contribution in [0.2, 0.25) is 0 Å². The summed E-state index contributed by atoms with van der Waals surface area (Å²) in [5.74, 6) is 0.0360. The van der Waals surface area contributed by atoms with Crippen LogP contribution in [0.3, 0.4) is 0 Å². The molecule has 5 rings (SSSR count). The van der Waals surface area contributed by atoms with Gasteiger partial charge in [-0.1, -0.05) is 54.6 Å². The van der Waals surface area contributed by atoms with Crippen molar-refractivity contribution in [3.8, 4) is 12.1 Å². The van der Waals surface area contributed by atoms with Crippen molar-refractivity contribution in [3.05, 3.63) is 82.4 Å². The van der Waals surface area contributed by atoms with Crippen molar-refractivity contribution in [1.82, 2.24) is 0 Å². The number of fused-ring (bicyclic) bond motifs is 6. The first-order valence-corrected chi connectivity index (χ1v) is 7.53. The molecule has 22 heavy (non-hydrogen) atoms. The molecule has 4 atom stereocenters. The van der Waals surface area contributed by atoms with Crippen LogP contribution in [-0.4, -0.2) is 0 Å². The van der Waals surface area contributed by atoms with Gasteiger partial charge >= 0.3 is 0 Å². The molecule has 0 amide bonds. The molecule has 0 N–H and O–H groups in total. The van der Waals surface area contributed by atoms with Gasteiger partial charge in [-0.15, -0.1) is 0 Å². The lowest BCUT2D eigenvalue weighted by atomic mass is 9.69. The Labute approximate surface area is 128 Å². The van der Waals surface area contributed by atoms with Crippen LogP contribution < -0.4 is 0 Å². The molecule has 2 aromatic rings. The predicted octanol–water partition coefficient (Wildman–Crippen LogP) is 3.99. The number of nitrogens with zero attached hydrogens (tertiary/aromatic N) is 2. The highest BCUT2D eigenvalue weighted by molar-refractivity contribution is 5.68. The first-order chi connectivity index (χ1) is 10.8. The molecule has 0 aromatic heterocycles. The Morgan fingerprint density at radius 3 is 1.91 bits per heavy atom. The van der Waals surface area contributed by atoms with E-state index >= 15 is 0 Å². The standard InChI is InChI=1S/C20H12N2/c21-10-12-9-17-13-5-1-2-6-14(13)19-16-8-4-3-7-15(16)18(12)20(17,19)11-22/h1-9,17-19H/t17-,18+,19-,20+/m1/s1. The number of allylic oxidation sites excluding steroid dienone is 2. The second-order valence-corrected chi connectivity index (χ2v) is 6.38. The fraction of sp³-hybridized carbons (Fsp3) is 0.200. The van der Waals surface area contributed by atoms with Gasteiger partial charge in [-0.3, -0.25) is 0 Å². The fourth-order valence-corrected chi connectivity index (χ4v) is 5.05. The molecule has 0 radical (unpaired) electrons. The average Bonchev–Trinajstić information content (AvgIpc) is 3.15. The van der Waals surface area contributed by atoms with E-state index in [9.17, 15) is 10.5 Å². The molecule has 0 heterocycles. The van der Waals surface area contributed by atoms with E-state index < -0.39 is 5.41 Å². The normalized spacial score (nSPS) is 32.5. The van der Waals surface area contributed by atoms with Crippen LogP contribution >= 0.6 is 0 Å². The minimum absolute atomic E-state index is 0.0331. The lowest BCUT2D eigenvalue weighted by Gasteiger charge is -2.27. The smallest absolute Gasteiger partial charge is 0.0951 e. The Morgan fingerprint density at radius 1 is 0.773 bits per heavy atom. The fourth-order valence-electron chi connectivity index (χ4n) is 5.05. The van der Waals surface area contributed by atoms with Crippen LogP contribution in [0.4, 0.5) is 0 Å². The zero-order valence-electron chi connectivity index (χ0n) is 11.8. The SMILES string of the molecule is N#CC1=C[C@@H]2c3ccccc3[C@@H]3c4ccccc4[C@H]1[C@@]32C#N. The van der Waals surface area contributed by atoms with Gasteiger partial charge in [0.1, 0.15) is 0 Å². The van der Waals surface area contributed by atoms with Crippen LogP contribution in [0.15, 0.2) is 60.2 Å². The molecule has 0 unspecified atom stereocenters. The Kier molecular flexibility index (Phi) is 1.97. The van der Waals surface area contributed by atoms with E-state index in [1.165, 1.54) is 22.3 Å². The highest BCUT2D eigenvalue weighted by Gasteiger charge is 2.66. The van der Waals surface area contributed by atoms with Gasteiger partial charge in [0.05, 0.1) is 17.6 Å². The van der Waals surface area contributed by atoms with Crippen molar-refractivity contribution in [2.24, 2.45) is 5.41 Å². The van der Waals surface area contributed by atoms with E-state index in [2.05, 4.69) is 42.5 Å². The first kappa shape index (κ1) is 11.8. The van der Waals surface area contributed by atoms with E-state index in [-0.39, 0.29) is 17.8 Å². The number of hydrogen-bond acceptors (Lipinski definition) is 2. The second kappa shape index (κ2) is 3.67. The summed E-state index contributed by atoms with van der Waals surface area (Å²) in [5.41, 5.74) is 5.09. The maximum atomic E-state index is 10.2. The van der Waals surface area contributed by atoms with Crippen molar-refractivity contribution in [1.29, 1.82) is 10.5 Å². The van der Waals surface area contributed by atoms with Crippen molar-refractivity contribution in [3.63, 3.8) is 0 Å². The molecular formula is C20H12N2. The summed E-state index contributed by atoms with van der Waals surface area (Å²) in [6.07, 6.45) is 2.04. The third-order valence-electron chi connectivity index (χ3n) is 5.71. The molecule has 2 nitrogen and oxygen atoms in total. The summed E-state index contributed by atoms with van der Waals surface area (Å²) < 4.78 is 0. The molecule has 0 fully saturated rings. The predicted molar refractivity (Wildman–Crippen MR) is 82.0 cm³/mol. The Balaban J connectivity index is 1.95. The maximum Gasteiger partial charge on any atom is 0.0951 e. The van der Waals surface area contributed by atoms with Crippen LogP contribution in [0, 0.1) is 28.1 Å². The summed E-state index contributed by atoms with van der Waals surface area (Å²) in [5, 5.41) is 19.8. The number of hydrogen-bond donors (Lipinski definition) is 0. The van der Waals surface area contributed by atoms with Gasteiger partial charge in [0.25, 0.3) is 0 Å². The minimum atomic E-state index is -0.543. The summed E-state index contributed by atoms with van der Waals surface area (Å²) in [7, 11) is 0. The first-order valence-electron chi connectivity index (χ1n) is 7.53. The zero-order chi connectivity index (χ0) is 14.9. The molecule has 0 bridgehead atoms. The Morgan fingerprint density at radius 2 is 1.32 bits per heavy atom.